The maximum atomic E-state index is 12.6. The first kappa shape index (κ1) is 12.9. The largest absolute Gasteiger partial charge is 0.315 e. The van der Waals surface area contributed by atoms with Gasteiger partial charge in [0.15, 0.2) is 0 Å². The van der Waals surface area contributed by atoms with Gasteiger partial charge in [-0.05, 0) is 49.2 Å². The molecule has 19 heavy (non-hydrogen) atoms. The summed E-state index contributed by atoms with van der Waals surface area (Å²) < 4.78 is 1.58. The highest BCUT2D eigenvalue weighted by Gasteiger charge is 2.20. The Labute approximate surface area is 120 Å². The zero-order valence-electron chi connectivity index (χ0n) is 10.2. The SMILES string of the molecule is O=c1c2cc(Cl)ccc2nc(Cl)n1C1CCCNC1. The van der Waals surface area contributed by atoms with E-state index in [1.54, 1.807) is 22.8 Å². The summed E-state index contributed by atoms with van der Waals surface area (Å²) in [6, 6.07) is 5.13. The topological polar surface area (TPSA) is 46.9 Å². The Morgan fingerprint density at radius 3 is 2.95 bits per heavy atom. The normalized spacial score (nSPS) is 19.8. The third-order valence-corrected chi connectivity index (χ3v) is 3.96. The molecule has 2 heterocycles. The minimum absolute atomic E-state index is 0.0598. The first-order valence-corrected chi connectivity index (χ1v) is 7.00. The predicted molar refractivity (Wildman–Crippen MR) is 77.2 cm³/mol. The van der Waals surface area contributed by atoms with Gasteiger partial charge in [-0.1, -0.05) is 11.6 Å². The lowest BCUT2D eigenvalue weighted by molar-refractivity contribution is 0.363. The summed E-state index contributed by atoms with van der Waals surface area (Å²) in [7, 11) is 0. The van der Waals surface area contributed by atoms with Gasteiger partial charge in [0.1, 0.15) is 0 Å². The lowest BCUT2D eigenvalue weighted by Gasteiger charge is -2.25. The van der Waals surface area contributed by atoms with Crippen molar-refractivity contribution >= 4 is 34.1 Å². The molecule has 1 aliphatic rings. The molecule has 2 aromatic rings. The second kappa shape index (κ2) is 5.12. The van der Waals surface area contributed by atoms with Gasteiger partial charge in [0, 0.05) is 11.6 Å². The van der Waals surface area contributed by atoms with Gasteiger partial charge in [0.2, 0.25) is 5.28 Å². The summed E-state index contributed by atoms with van der Waals surface area (Å²) in [6.07, 6.45) is 1.96. The molecule has 100 valence electrons. The van der Waals surface area contributed by atoms with E-state index in [0.29, 0.717) is 15.9 Å². The fourth-order valence-electron chi connectivity index (χ4n) is 2.51. The number of piperidine rings is 1. The van der Waals surface area contributed by atoms with Crippen molar-refractivity contribution in [1.29, 1.82) is 0 Å². The minimum atomic E-state index is -0.119. The van der Waals surface area contributed by atoms with E-state index in [-0.39, 0.29) is 16.9 Å². The van der Waals surface area contributed by atoms with Gasteiger partial charge in [-0.25, -0.2) is 4.98 Å². The molecule has 1 aromatic heterocycles. The molecule has 0 aliphatic carbocycles. The Hall–Kier alpha value is -1.10. The molecule has 4 nitrogen and oxygen atoms in total. The second-order valence-corrected chi connectivity index (χ2v) is 5.49. The van der Waals surface area contributed by atoms with Crippen LogP contribution in [0.3, 0.4) is 0 Å². The zero-order chi connectivity index (χ0) is 13.4. The van der Waals surface area contributed by atoms with Crippen LogP contribution < -0.4 is 10.9 Å². The first-order chi connectivity index (χ1) is 9.16. The van der Waals surface area contributed by atoms with E-state index in [1.807, 2.05) is 0 Å². The molecule has 1 N–H and O–H groups in total. The number of nitrogens with zero attached hydrogens (tertiary/aromatic N) is 2. The molecule has 0 saturated carbocycles. The molecule has 1 saturated heterocycles. The monoisotopic (exact) mass is 297 g/mol. The van der Waals surface area contributed by atoms with Crippen molar-refractivity contribution in [2.24, 2.45) is 0 Å². The van der Waals surface area contributed by atoms with Gasteiger partial charge in [0.05, 0.1) is 16.9 Å². The highest BCUT2D eigenvalue weighted by Crippen LogP contribution is 2.22. The van der Waals surface area contributed by atoms with Crippen molar-refractivity contribution < 1.29 is 0 Å². The van der Waals surface area contributed by atoms with Crippen molar-refractivity contribution in [3.63, 3.8) is 0 Å². The van der Waals surface area contributed by atoms with Gasteiger partial charge >= 0.3 is 0 Å². The van der Waals surface area contributed by atoms with E-state index < -0.39 is 0 Å². The van der Waals surface area contributed by atoms with Crippen LogP contribution >= 0.6 is 23.2 Å². The summed E-state index contributed by atoms with van der Waals surface area (Å²) in [5.74, 6) is 0. The quantitative estimate of drug-likeness (QED) is 0.823. The summed E-state index contributed by atoms with van der Waals surface area (Å²) in [6.45, 7) is 1.73. The number of fused-ring (bicyclic) bond motifs is 1. The van der Waals surface area contributed by atoms with Crippen molar-refractivity contribution in [3.8, 4) is 0 Å². The highest BCUT2D eigenvalue weighted by molar-refractivity contribution is 6.31. The lowest BCUT2D eigenvalue weighted by atomic mass is 10.1. The molecule has 0 spiro atoms. The van der Waals surface area contributed by atoms with E-state index in [0.717, 1.165) is 25.9 Å². The molecule has 1 atom stereocenters. The molecule has 1 fully saturated rings. The molecule has 1 aromatic carbocycles. The zero-order valence-corrected chi connectivity index (χ0v) is 11.7. The fourth-order valence-corrected chi connectivity index (χ4v) is 2.99. The minimum Gasteiger partial charge on any atom is -0.315 e. The maximum absolute atomic E-state index is 12.6. The van der Waals surface area contributed by atoms with Gasteiger partial charge < -0.3 is 5.32 Å². The Balaban J connectivity index is 2.21. The number of hydrogen-bond acceptors (Lipinski definition) is 3. The van der Waals surface area contributed by atoms with E-state index in [1.165, 1.54) is 0 Å². The molecular formula is C13H13Cl2N3O. The third kappa shape index (κ3) is 2.36. The van der Waals surface area contributed by atoms with E-state index in [9.17, 15) is 4.79 Å². The number of aromatic nitrogens is 2. The van der Waals surface area contributed by atoms with Crippen molar-refractivity contribution in [3.05, 3.63) is 38.9 Å². The molecule has 0 radical (unpaired) electrons. The van der Waals surface area contributed by atoms with Gasteiger partial charge in [-0.2, -0.15) is 0 Å². The Bertz CT molecular complexity index is 677. The van der Waals surface area contributed by atoms with E-state index in [4.69, 9.17) is 23.2 Å². The van der Waals surface area contributed by atoms with Crippen LogP contribution in [0.25, 0.3) is 10.9 Å². The van der Waals surface area contributed by atoms with Gasteiger partial charge in [-0.3, -0.25) is 9.36 Å². The third-order valence-electron chi connectivity index (χ3n) is 3.46. The van der Waals surface area contributed by atoms with E-state index in [2.05, 4.69) is 10.3 Å². The Morgan fingerprint density at radius 1 is 1.37 bits per heavy atom. The number of nitrogens with one attached hydrogen (secondary N) is 1. The lowest BCUT2D eigenvalue weighted by Crippen LogP contribution is -2.37. The number of halogens is 2. The van der Waals surface area contributed by atoms with Gasteiger partial charge in [0.25, 0.3) is 5.56 Å². The van der Waals surface area contributed by atoms with Crippen LogP contribution in [0, 0.1) is 0 Å². The Morgan fingerprint density at radius 2 is 2.21 bits per heavy atom. The molecule has 0 bridgehead atoms. The van der Waals surface area contributed by atoms with Crippen molar-refractivity contribution in [2.45, 2.75) is 18.9 Å². The van der Waals surface area contributed by atoms with Crippen LogP contribution in [0.1, 0.15) is 18.9 Å². The predicted octanol–water partition coefficient (Wildman–Crippen LogP) is 2.63. The van der Waals surface area contributed by atoms with Crippen LogP contribution in [-0.4, -0.2) is 22.6 Å². The highest BCUT2D eigenvalue weighted by atomic mass is 35.5. The number of benzene rings is 1. The van der Waals surface area contributed by atoms with Crippen LogP contribution in [0.4, 0.5) is 0 Å². The average Bonchev–Trinajstić information content (AvgIpc) is 2.41. The van der Waals surface area contributed by atoms with Crippen LogP contribution in [0.2, 0.25) is 10.3 Å². The number of rotatable bonds is 1. The molecule has 6 heteroatoms. The van der Waals surface area contributed by atoms with Crippen LogP contribution in [-0.2, 0) is 0 Å². The molecular weight excluding hydrogens is 285 g/mol. The smallest absolute Gasteiger partial charge is 0.262 e. The van der Waals surface area contributed by atoms with Gasteiger partial charge in [-0.15, -0.1) is 0 Å². The summed E-state index contributed by atoms with van der Waals surface area (Å²) in [4.78, 5) is 16.8. The summed E-state index contributed by atoms with van der Waals surface area (Å²) in [5.41, 5.74) is 0.464. The molecule has 1 unspecified atom stereocenters. The number of hydrogen-bond donors (Lipinski definition) is 1. The summed E-state index contributed by atoms with van der Waals surface area (Å²) in [5, 5.41) is 4.56. The summed E-state index contributed by atoms with van der Waals surface area (Å²) >= 11 is 12.1. The maximum Gasteiger partial charge on any atom is 0.262 e. The standard InChI is InChI=1S/C13H13Cl2N3O/c14-8-3-4-11-10(6-8)12(19)18(13(15)17-11)9-2-1-5-16-7-9/h3-4,6,9,16H,1-2,5,7H2. The molecule has 1 aliphatic heterocycles. The van der Waals surface area contributed by atoms with Crippen molar-refractivity contribution in [1.82, 2.24) is 14.9 Å². The average molecular weight is 298 g/mol. The van der Waals surface area contributed by atoms with E-state index >= 15 is 0 Å². The second-order valence-electron chi connectivity index (χ2n) is 4.72. The fraction of sp³-hybridized carbons (Fsp3) is 0.385. The molecule has 0 amide bonds. The van der Waals surface area contributed by atoms with Crippen molar-refractivity contribution in [2.75, 3.05) is 13.1 Å². The first-order valence-electron chi connectivity index (χ1n) is 6.25. The van der Waals surface area contributed by atoms with Crippen LogP contribution in [0.5, 0.6) is 0 Å². The van der Waals surface area contributed by atoms with Crippen LogP contribution in [0.15, 0.2) is 23.0 Å². The Kier molecular flexibility index (Phi) is 3.48. The molecule has 3 rings (SSSR count).